The minimum Gasteiger partial charge on any atom is -0.394 e. The van der Waals surface area contributed by atoms with Gasteiger partial charge in [0.15, 0.2) is 6.29 Å². The van der Waals surface area contributed by atoms with E-state index >= 15 is 0 Å². The molecule has 264 valence electrons. The number of aromatic nitrogens is 3. The molecule has 4 aliphatic heterocycles. The number of aliphatic hydroxyl groups excluding tert-OH is 3. The molecule has 0 spiro atoms. The van der Waals surface area contributed by atoms with Crippen LogP contribution in [0.15, 0.2) is 6.20 Å². The Labute approximate surface area is 280 Å². The summed E-state index contributed by atoms with van der Waals surface area (Å²) in [5, 5.41) is 51.2. The van der Waals surface area contributed by atoms with Crippen LogP contribution in [-0.2, 0) is 59.8 Å². The fourth-order valence-corrected chi connectivity index (χ4v) is 9.50. The minimum absolute atomic E-state index is 0.0456. The second kappa shape index (κ2) is 16.4. The van der Waals surface area contributed by atoms with E-state index < -0.39 is 87.0 Å². The van der Waals surface area contributed by atoms with Crippen molar-refractivity contribution in [2.45, 2.75) is 93.7 Å². The summed E-state index contributed by atoms with van der Waals surface area (Å²) in [5.41, 5.74) is -1.01. The Balaban J connectivity index is 1.02. The van der Waals surface area contributed by atoms with Crippen LogP contribution in [0.3, 0.4) is 0 Å². The molecule has 4 aliphatic rings. The molecule has 47 heavy (non-hydrogen) atoms. The van der Waals surface area contributed by atoms with Crippen LogP contribution in [0.4, 0.5) is 0 Å². The van der Waals surface area contributed by atoms with Gasteiger partial charge in [0, 0.05) is 24.4 Å². The van der Waals surface area contributed by atoms with Gasteiger partial charge in [0.2, 0.25) is 5.91 Å². The van der Waals surface area contributed by atoms with Crippen molar-refractivity contribution in [3.8, 4) is 0 Å². The second-order valence-corrected chi connectivity index (χ2v) is 15.7. The van der Waals surface area contributed by atoms with E-state index in [4.69, 9.17) is 45.1 Å². The first-order valence-electron chi connectivity index (χ1n) is 15.0. The van der Waals surface area contributed by atoms with Gasteiger partial charge in [-0.15, -0.1) is 5.10 Å². The number of rotatable bonds is 14. The standard InChI is InChI=1S/C25H40BN4O14PS2/c1-13(32)27-19-21(34)20(33)15(8-31)41-23(19)38-6-5-37-4-3-30-7-14(28-29-30)9-39-17-11-46-47-12-18(17)43-45(36)40-10-16-22(44-45)25(2,35)24(26)42-16/h7,15-24,31,33-35H,3-6,8-12H2,1-2H3,(H,27,32)/t15-,16-,17-,18-,19-,20+,21-,22-,23+,24-,25-,45-/m1/s1. The number of nitrogens with zero attached hydrogens (tertiary/aromatic N) is 3. The zero-order valence-electron chi connectivity index (χ0n) is 25.8. The molecule has 4 fully saturated rings. The molecule has 0 aliphatic carbocycles. The highest BCUT2D eigenvalue weighted by Crippen LogP contribution is 2.59. The Morgan fingerprint density at radius 1 is 1.19 bits per heavy atom. The molecule has 22 heteroatoms. The monoisotopic (exact) mass is 726 g/mol. The molecule has 5 heterocycles. The molecular weight excluding hydrogens is 686 g/mol. The van der Waals surface area contributed by atoms with Crippen LogP contribution in [0.1, 0.15) is 19.5 Å². The molecule has 12 atom stereocenters. The van der Waals surface area contributed by atoms with Crippen LogP contribution in [0, 0.1) is 0 Å². The van der Waals surface area contributed by atoms with Gasteiger partial charge < -0.3 is 49.4 Å². The predicted octanol–water partition coefficient (Wildman–Crippen LogP) is -1.91. The maximum absolute atomic E-state index is 13.4. The van der Waals surface area contributed by atoms with Gasteiger partial charge in [-0.05, 0) is 6.92 Å². The van der Waals surface area contributed by atoms with Crippen molar-refractivity contribution in [2.75, 3.05) is 44.5 Å². The first kappa shape index (κ1) is 37.4. The average Bonchev–Trinajstić information content (AvgIpc) is 3.58. The van der Waals surface area contributed by atoms with Crippen LogP contribution < -0.4 is 5.32 Å². The van der Waals surface area contributed by atoms with Crippen LogP contribution >= 0.6 is 29.4 Å². The Morgan fingerprint density at radius 3 is 2.70 bits per heavy atom. The summed E-state index contributed by atoms with van der Waals surface area (Å²) in [4.78, 5) is 11.5. The van der Waals surface area contributed by atoms with E-state index in [9.17, 15) is 29.8 Å². The number of hydrogen-bond acceptors (Lipinski definition) is 18. The third-order valence-electron chi connectivity index (χ3n) is 7.93. The van der Waals surface area contributed by atoms with Crippen LogP contribution in [-0.4, -0.2) is 160 Å². The summed E-state index contributed by atoms with van der Waals surface area (Å²) in [6.45, 7) is 3.03. The Bertz CT molecular complexity index is 1240. The van der Waals surface area contributed by atoms with Crippen LogP contribution in [0.5, 0.6) is 0 Å². The molecule has 5 N–H and O–H groups in total. The molecule has 0 unspecified atom stereocenters. The number of phosphoric ester groups is 1. The molecule has 2 radical (unpaired) electrons. The number of carbonyl (C=O) groups excluding carboxylic acids is 1. The van der Waals surface area contributed by atoms with Crippen LogP contribution in [0.2, 0.25) is 0 Å². The van der Waals surface area contributed by atoms with E-state index in [1.165, 1.54) is 13.8 Å². The van der Waals surface area contributed by atoms with Gasteiger partial charge >= 0.3 is 7.82 Å². The number of nitrogens with one attached hydrogen (secondary N) is 1. The molecule has 0 bridgehead atoms. The van der Waals surface area contributed by atoms with E-state index in [-0.39, 0.29) is 33.0 Å². The normalized spacial score (nSPS) is 40.6. The third-order valence-corrected chi connectivity index (χ3v) is 11.8. The van der Waals surface area contributed by atoms with E-state index in [2.05, 4.69) is 15.6 Å². The number of carbonyl (C=O) groups is 1. The van der Waals surface area contributed by atoms with Crippen molar-refractivity contribution in [2.24, 2.45) is 0 Å². The minimum atomic E-state index is -4.04. The summed E-state index contributed by atoms with van der Waals surface area (Å²) in [6.07, 6.45) is -5.96. The first-order chi connectivity index (χ1) is 22.4. The topological polar surface area (TPSA) is 232 Å². The molecule has 5 rings (SSSR count). The molecule has 0 aromatic carbocycles. The Hall–Kier alpha value is -0.875. The van der Waals surface area contributed by atoms with Crippen molar-refractivity contribution >= 4 is 43.2 Å². The van der Waals surface area contributed by atoms with Gasteiger partial charge in [-0.1, -0.05) is 26.8 Å². The van der Waals surface area contributed by atoms with E-state index in [1.54, 1.807) is 32.5 Å². The predicted molar refractivity (Wildman–Crippen MR) is 164 cm³/mol. The lowest BCUT2D eigenvalue weighted by Crippen LogP contribution is -2.64. The lowest BCUT2D eigenvalue weighted by atomic mass is 9.82. The van der Waals surface area contributed by atoms with Crippen molar-refractivity contribution in [1.82, 2.24) is 20.3 Å². The highest BCUT2D eigenvalue weighted by Gasteiger charge is 2.58. The van der Waals surface area contributed by atoms with Crippen LogP contribution in [0.25, 0.3) is 0 Å². The number of hydrogen-bond donors (Lipinski definition) is 5. The molecule has 4 saturated heterocycles. The largest absolute Gasteiger partial charge is 0.475 e. The number of fused-ring (bicyclic) bond motifs is 1. The Morgan fingerprint density at radius 2 is 1.96 bits per heavy atom. The summed E-state index contributed by atoms with van der Waals surface area (Å²) < 4.78 is 60.1. The lowest BCUT2D eigenvalue weighted by molar-refractivity contribution is -0.272. The molecule has 1 aromatic rings. The Kier molecular flexibility index (Phi) is 13.1. The highest BCUT2D eigenvalue weighted by molar-refractivity contribution is 8.76. The number of phosphoric acid groups is 1. The van der Waals surface area contributed by atoms with Crippen molar-refractivity contribution in [1.29, 1.82) is 0 Å². The summed E-state index contributed by atoms with van der Waals surface area (Å²) in [5.74, 6) is 0.570. The van der Waals surface area contributed by atoms with Crippen molar-refractivity contribution in [3.63, 3.8) is 0 Å². The van der Waals surface area contributed by atoms with Gasteiger partial charge in [0.1, 0.15) is 61.8 Å². The summed E-state index contributed by atoms with van der Waals surface area (Å²) in [6, 6.07) is -2.04. The molecular formula is C25H40BN4O14PS2. The fourth-order valence-electron chi connectivity index (χ4n) is 5.29. The second-order valence-electron chi connectivity index (χ2n) is 11.5. The summed E-state index contributed by atoms with van der Waals surface area (Å²) >= 11 is 0. The third kappa shape index (κ3) is 9.27. The quantitative estimate of drug-likeness (QED) is 0.0609. The van der Waals surface area contributed by atoms with Gasteiger partial charge in [-0.25, -0.2) is 9.25 Å². The molecule has 18 nitrogen and oxygen atoms in total. The van der Waals surface area contributed by atoms with E-state index in [1.807, 2.05) is 0 Å². The number of ether oxygens (including phenoxy) is 5. The highest BCUT2D eigenvalue weighted by atomic mass is 33.1. The van der Waals surface area contributed by atoms with Crippen molar-refractivity contribution < 1.29 is 67.0 Å². The maximum atomic E-state index is 13.4. The zero-order valence-corrected chi connectivity index (χ0v) is 28.3. The molecule has 0 saturated carbocycles. The summed E-state index contributed by atoms with van der Waals surface area (Å²) in [7, 11) is 4.93. The van der Waals surface area contributed by atoms with E-state index in [0.29, 0.717) is 23.7 Å². The smallest absolute Gasteiger partial charge is 0.394 e. The average molecular weight is 727 g/mol. The van der Waals surface area contributed by atoms with Gasteiger partial charge in [-0.2, -0.15) is 0 Å². The van der Waals surface area contributed by atoms with Gasteiger partial charge in [0.25, 0.3) is 0 Å². The lowest BCUT2D eigenvalue weighted by Gasteiger charge is -2.42. The fraction of sp³-hybridized carbons (Fsp3) is 0.880. The first-order valence-corrected chi connectivity index (χ1v) is 18.9. The molecule has 1 amide bonds. The number of amides is 1. The van der Waals surface area contributed by atoms with Crippen molar-refractivity contribution in [3.05, 3.63) is 11.9 Å². The van der Waals surface area contributed by atoms with Gasteiger partial charge in [-0.3, -0.25) is 18.4 Å². The maximum Gasteiger partial charge on any atom is 0.475 e. The SMILES string of the molecule is [B][C@@H]1O[C@@H]2CO[P@](=O)(O[C@@H]3CSSC[C@H]3OCc3cn(CCOCCO[C@H]4O[C@H](CO)[C@H](O)[C@H](O)[C@H]4NC(C)=O)nn3)O[C@H]2[C@@]1(C)O. The molecule has 1 aromatic heterocycles. The van der Waals surface area contributed by atoms with E-state index in [0.717, 1.165) is 0 Å². The number of aliphatic hydroxyl groups is 4. The van der Waals surface area contributed by atoms with Gasteiger partial charge in [0.05, 0.1) is 58.5 Å². The zero-order chi connectivity index (χ0) is 33.8.